The molecule has 2 heterocycles. The van der Waals surface area contributed by atoms with E-state index in [1.165, 1.54) is 4.90 Å². The fraction of sp³-hybridized carbons (Fsp3) is 0.375. The molecule has 2 N–H and O–H groups in total. The summed E-state index contributed by atoms with van der Waals surface area (Å²) in [5.41, 5.74) is 2.41. The third-order valence-corrected chi connectivity index (χ3v) is 6.46. The second kappa shape index (κ2) is 7.36. The van der Waals surface area contributed by atoms with E-state index in [1.54, 1.807) is 26.0 Å². The van der Waals surface area contributed by atoms with E-state index in [0.29, 0.717) is 5.69 Å². The second-order valence-corrected chi connectivity index (χ2v) is 8.40. The lowest BCUT2D eigenvalue weighted by atomic mass is 9.80. The summed E-state index contributed by atoms with van der Waals surface area (Å²) in [6.07, 6.45) is 0. The number of imide groups is 1. The number of rotatable bonds is 4. The Morgan fingerprint density at radius 1 is 1.07 bits per heavy atom. The van der Waals surface area contributed by atoms with E-state index in [9.17, 15) is 14.4 Å². The van der Waals surface area contributed by atoms with Crippen LogP contribution in [0.2, 0.25) is 0 Å². The highest BCUT2D eigenvalue weighted by molar-refractivity contribution is 6.23. The maximum Gasteiger partial charge on any atom is 0.368 e. The van der Waals surface area contributed by atoms with E-state index in [0.717, 1.165) is 16.7 Å². The Morgan fingerprint density at radius 3 is 2.37 bits per heavy atom. The number of fused-ring (bicyclic) bond motifs is 1. The zero-order chi connectivity index (χ0) is 21.6. The van der Waals surface area contributed by atoms with Gasteiger partial charge in [0.15, 0.2) is 0 Å². The van der Waals surface area contributed by atoms with E-state index in [-0.39, 0.29) is 24.5 Å². The van der Waals surface area contributed by atoms with Crippen LogP contribution in [0.5, 0.6) is 0 Å². The van der Waals surface area contributed by atoms with Crippen LogP contribution in [0.3, 0.4) is 0 Å². The van der Waals surface area contributed by atoms with Crippen LogP contribution in [0.4, 0.5) is 5.69 Å². The number of carbonyl (C=O) groups is 3. The van der Waals surface area contributed by atoms with Gasteiger partial charge in [-0.15, -0.1) is 0 Å². The largest absolute Gasteiger partial charge is 0.461 e. The average Bonchev–Trinajstić information content (AvgIpc) is 3.17. The Bertz CT molecular complexity index is 1020. The van der Waals surface area contributed by atoms with Crippen LogP contribution >= 0.6 is 0 Å². The number of ether oxygens (including phenoxy) is 1. The molecule has 6 nitrogen and oxygen atoms in total. The molecule has 2 aromatic rings. The van der Waals surface area contributed by atoms with Crippen molar-refractivity contribution >= 4 is 23.5 Å². The molecule has 4 atom stereocenters. The first-order valence-corrected chi connectivity index (χ1v) is 10.3. The number of hydrogen-bond donors (Lipinski definition) is 1. The van der Waals surface area contributed by atoms with Gasteiger partial charge in [0.25, 0.3) is 0 Å². The number of quaternary nitrogens is 1. The monoisotopic (exact) mass is 407 g/mol. The Balaban J connectivity index is 1.83. The third-order valence-electron chi connectivity index (χ3n) is 6.46. The van der Waals surface area contributed by atoms with E-state index >= 15 is 0 Å². The Kier molecular flexibility index (Phi) is 4.98. The molecule has 2 amide bonds. The van der Waals surface area contributed by atoms with Crippen molar-refractivity contribution in [2.45, 2.75) is 39.3 Å². The highest BCUT2D eigenvalue weighted by atomic mass is 16.5. The minimum absolute atomic E-state index is 0.221. The lowest BCUT2D eigenvalue weighted by Crippen LogP contribution is -2.97. The highest BCUT2D eigenvalue weighted by Crippen LogP contribution is 2.46. The fourth-order valence-corrected chi connectivity index (χ4v) is 4.94. The first kappa shape index (κ1) is 20.3. The van der Waals surface area contributed by atoms with Gasteiger partial charge in [0.1, 0.15) is 17.9 Å². The average molecular weight is 407 g/mol. The normalized spacial score (nSPS) is 28.0. The number of aryl methyl sites for hydroxylation is 2. The maximum atomic E-state index is 13.6. The SMILES string of the molecule is CCOC(=O)[C@]1(C)[NH2+][C@@H](c2ccccc2C)[C@H]2C(=O)N(c3ccc(C)cc3)C(=O)[C@H]21. The maximum absolute atomic E-state index is 13.6. The number of esters is 1. The number of nitrogens with two attached hydrogens (primary N) is 1. The molecule has 4 rings (SSSR count). The molecule has 0 bridgehead atoms. The van der Waals surface area contributed by atoms with Gasteiger partial charge in [-0.25, -0.2) is 9.69 Å². The molecule has 2 saturated heterocycles. The summed E-state index contributed by atoms with van der Waals surface area (Å²) >= 11 is 0. The molecule has 156 valence electrons. The lowest BCUT2D eigenvalue weighted by Gasteiger charge is -2.26. The minimum atomic E-state index is -1.17. The van der Waals surface area contributed by atoms with Crippen molar-refractivity contribution in [2.75, 3.05) is 11.5 Å². The molecule has 0 aliphatic carbocycles. The van der Waals surface area contributed by atoms with Crippen molar-refractivity contribution in [3.05, 3.63) is 65.2 Å². The van der Waals surface area contributed by atoms with Gasteiger partial charge in [0.2, 0.25) is 17.4 Å². The van der Waals surface area contributed by atoms with Crippen LogP contribution in [0.15, 0.2) is 48.5 Å². The Morgan fingerprint density at radius 2 is 1.73 bits per heavy atom. The first-order chi connectivity index (χ1) is 14.3. The lowest BCUT2D eigenvalue weighted by molar-refractivity contribution is -0.731. The van der Waals surface area contributed by atoms with Crippen molar-refractivity contribution in [3.63, 3.8) is 0 Å². The van der Waals surface area contributed by atoms with Crippen molar-refractivity contribution in [3.8, 4) is 0 Å². The number of hydrogen-bond acceptors (Lipinski definition) is 4. The van der Waals surface area contributed by atoms with E-state index in [1.807, 2.05) is 55.6 Å². The fourth-order valence-electron chi connectivity index (χ4n) is 4.94. The summed E-state index contributed by atoms with van der Waals surface area (Å²) in [6.45, 7) is 7.63. The van der Waals surface area contributed by atoms with E-state index < -0.39 is 23.3 Å². The molecule has 6 heteroatoms. The first-order valence-electron chi connectivity index (χ1n) is 10.3. The zero-order valence-electron chi connectivity index (χ0n) is 17.7. The van der Waals surface area contributed by atoms with Gasteiger partial charge in [0, 0.05) is 12.5 Å². The van der Waals surface area contributed by atoms with Crippen LogP contribution in [0, 0.1) is 25.7 Å². The number of nitrogens with zero attached hydrogens (tertiary/aromatic N) is 1. The molecule has 2 aliphatic rings. The van der Waals surface area contributed by atoms with E-state index in [2.05, 4.69) is 0 Å². The predicted molar refractivity (Wildman–Crippen MR) is 112 cm³/mol. The molecule has 0 aromatic heterocycles. The van der Waals surface area contributed by atoms with Crippen molar-refractivity contribution in [2.24, 2.45) is 11.8 Å². The standard InChI is InChI=1S/C24H26N2O4/c1-5-30-23(29)24(4)19-18(20(25-24)17-9-7-6-8-15(17)3)21(27)26(22(19)28)16-12-10-14(2)11-13-16/h6-13,18-20,25H,5H2,1-4H3/p+1/t18-,19-,20-,24+/m0/s1. The molecule has 2 fully saturated rings. The topological polar surface area (TPSA) is 80.3 Å². The van der Waals surface area contributed by atoms with Gasteiger partial charge in [-0.1, -0.05) is 42.0 Å². The van der Waals surface area contributed by atoms with Crippen LogP contribution in [0.1, 0.15) is 36.6 Å². The summed E-state index contributed by atoms with van der Waals surface area (Å²) in [6, 6.07) is 14.8. The van der Waals surface area contributed by atoms with Crippen molar-refractivity contribution < 1.29 is 24.4 Å². The number of benzene rings is 2. The summed E-state index contributed by atoms with van der Waals surface area (Å²) in [5.74, 6) is -2.46. The Labute approximate surface area is 176 Å². The predicted octanol–water partition coefficient (Wildman–Crippen LogP) is 2.05. The van der Waals surface area contributed by atoms with Crippen molar-refractivity contribution in [1.29, 1.82) is 0 Å². The molecule has 0 saturated carbocycles. The van der Waals surface area contributed by atoms with Gasteiger partial charge in [0.05, 0.1) is 12.3 Å². The number of anilines is 1. The van der Waals surface area contributed by atoms with Crippen LogP contribution in [0.25, 0.3) is 0 Å². The Hall–Kier alpha value is -2.99. The summed E-state index contributed by atoms with van der Waals surface area (Å²) in [4.78, 5) is 41.4. The molecule has 2 aromatic carbocycles. The number of amides is 2. The van der Waals surface area contributed by atoms with Gasteiger partial charge in [-0.2, -0.15) is 0 Å². The second-order valence-electron chi connectivity index (χ2n) is 8.40. The molecular formula is C24H27N2O4+. The molecule has 0 unspecified atom stereocenters. The van der Waals surface area contributed by atoms with Crippen LogP contribution < -0.4 is 10.2 Å². The third kappa shape index (κ3) is 2.94. The van der Waals surface area contributed by atoms with Gasteiger partial charge in [-0.3, -0.25) is 9.59 Å². The van der Waals surface area contributed by atoms with Crippen molar-refractivity contribution in [1.82, 2.24) is 0 Å². The van der Waals surface area contributed by atoms with E-state index in [4.69, 9.17) is 4.74 Å². The minimum Gasteiger partial charge on any atom is -0.461 e. The van der Waals surface area contributed by atoms with Gasteiger partial charge >= 0.3 is 5.97 Å². The smallest absolute Gasteiger partial charge is 0.368 e. The molecular weight excluding hydrogens is 380 g/mol. The number of carbonyl (C=O) groups excluding carboxylic acids is 3. The summed E-state index contributed by atoms with van der Waals surface area (Å²) < 4.78 is 5.34. The summed E-state index contributed by atoms with van der Waals surface area (Å²) in [7, 11) is 0. The zero-order valence-corrected chi connectivity index (χ0v) is 17.7. The molecule has 0 spiro atoms. The van der Waals surface area contributed by atoms with Gasteiger partial charge < -0.3 is 10.1 Å². The summed E-state index contributed by atoms with van der Waals surface area (Å²) in [5, 5.41) is 1.87. The molecule has 2 aliphatic heterocycles. The quantitative estimate of drug-likeness (QED) is 0.621. The molecule has 0 radical (unpaired) electrons. The van der Waals surface area contributed by atoms with Crippen LogP contribution in [-0.4, -0.2) is 29.9 Å². The highest BCUT2D eigenvalue weighted by Gasteiger charge is 2.71. The van der Waals surface area contributed by atoms with Gasteiger partial charge in [-0.05, 0) is 38.5 Å². The molecule has 30 heavy (non-hydrogen) atoms. The van der Waals surface area contributed by atoms with Crippen LogP contribution in [-0.2, 0) is 19.1 Å².